The second kappa shape index (κ2) is 4.59. The highest BCUT2D eigenvalue weighted by molar-refractivity contribution is 8.01. The van der Waals surface area contributed by atoms with E-state index in [1.54, 1.807) is 13.2 Å². The minimum atomic E-state index is 0.00668. The summed E-state index contributed by atoms with van der Waals surface area (Å²) in [5.74, 6) is 0.406. The van der Waals surface area contributed by atoms with Crippen LogP contribution in [0.15, 0.2) is 22.7 Å². The molecule has 0 fully saturated rings. The van der Waals surface area contributed by atoms with Gasteiger partial charge in [-0.1, -0.05) is 23.1 Å². The molecular weight excluding hydrogens is 230 g/mol. The van der Waals surface area contributed by atoms with Gasteiger partial charge in [-0.2, -0.15) is 0 Å². The molecular formula is C9H9N3OS2. The third-order valence-electron chi connectivity index (χ3n) is 1.75. The Balaban J connectivity index is 2.12. The van der Waals surface area contributed by atoms with Gasteiger partial charge in [0.05, 0.1) is 5.75 Å². The van der Waals surface area contributed by atoms with E-state index >= 15 is 0 Å². The van der Waals surface area contributed by atoms with Crippen LogP contribution in [0.25, 0.3) is 10.3 Å². The first-order chi connectivity index (χ1) is 7.29. The van der Waals surface area contributed by atoms with Crippen molar-refractivity contribution in [2.45, 2.75) is 4.34 Å². The molecule has 1 amide bonds. The second-order valence-electron chi connectivity index (χ2n) is 2.77. The zero-order valence-corrected chi connectivity index (χ0v) is 9.69. The van der Waals surface area contributed by atoms with Crippen LogP contribution in [0.3, 0.4) is 0 Å². The molecule has 2 rings (SSSR count). The number of pyridine rings is 1. The van der Waals surface area contributed by atoms with Crippen molar-refractivity contribution in [3.05, 3.63) is 18.3 Å². The summed E-state index contributed by atoms with van der Waals surface area (Å²) in [5.41, 5.74) is 0.891. The summed E-state index contributed by atoms with van der Waals surface area (Å²) < 4.78 is 0.882. The van der Waals surface area contributed by atoms with E-state index in [0.717, 1.165) is 14.7 Å². The molecule has 6 heteroatoms. The molecule has 0 atom stereocenters. The number of carbonyl (C=O) groups is 1. The van der Waals surface area contributed by atoms with Gasteiger partial charge in [0.25, 0.3) is 0 Å². The smallest absolute Gasteiger partial charge is 0.230 e. The van der Waals surface area contributed by atoms with Crippen molar-refractivity contribution >= 4 is 39.4 Å². The average Bonchev–Trinajstić information content (AvgIpc) is 2.68. The van der Waals surface area contributed by atoms with Crippen LogP contribution in [0.4, 0.5) is 0 Å². The SMILES string of the molecule is CNC(=O)CSc1nc2cccnc2s1. The van der Waals surface area contributed by atoms with Crippen molar-refractivity contribution in [2.24, 2.45) is 0 Å². The number of nitrogens with one attached hydrogen (secondary N) is 1. The van der Waals surface area contributed by atoms with E-state index in [2.05, 4.69) is 15.3 Å². The van der Waals surface area contributed by atoms with Gasteiger partial charge in [-0.25, -0.2) is 9.97 Å². The number of thioether (sulfide) groups is 1. The van der Waals surface area contributed by atoms with Crippen LogP contribution in [0, 0.1) is 0 Å². The molecule has 0 aromatic carbocycles. The van der Waals surface area contributed by atoms with Gasteiger partial charge in [0.15, 0.2) is 4.34 Å². The lowest BCUT2D eigenvalue weighted by molar-refractivity contribution is -0.118. The molecule has 2 aromatic heterocycles. The van der Waals surface area contributed by atoms with Gasteiger partial charge in [0, 0.05) is 13.2 Å². The number of amides is 1. The van der Waals surface area contributed by atoms with E-state index in [9.17, 15) is 4.79 Å². The molecule has 0 unspecified atom stereocenters. The van der Waals surface area contributed by atoms with Crippen LogP contribution in [-0.2, 0) is 4.79 Å². The number of rotatable bonds is 3. The van der Waals surface area contributed by atoms with Crippen molar-refractivity contribution < 1.29 is 4.79 Å². The second-order valence-corrected chi connectivity index (χ2v) is 4.97. The van der Waals surface area contributed by atoms with Crippen LogP contribution in [0.5, 0.6) is 0 Å². The monoisotopic (exact) mass is 239 g/mol. The number of hydrogen-bond acceptors (Lipinski definition) is 5. The van der Waals surface area contributed by atoms with Gasteiger partial charge < -0.3 is 5.32 Å². The fourth-order valence-electron chi connectivity index (χ4n) is 1.01. The number of carbonyl (C=O) groups excluding carboxylic acids is 1. The fraction of sp³-hybridized carbons (Fsp3) is 0.222. The first-order valence-electron chi connectivity index (χ1n) is 4.34. The Morgan fingerprint density at radius 3 is 3.27 bits per heavy atom. The number of thiazole rings is 1. The molecule has 4 nitrogen and oxygen atoms in total. The number of hydrogen-bond donors (Lipinski definition) is 1. The minimum Gasteiger partial charge on any atom is -0.358 e. The standard InChI is InChI=1S/C9H9N3OS2/c1-10-7(13)5-14-9-12-6-3-2-4-11-8(6)15-9/h2-4H,5H2,1H3,(H,10,13). The van der Waals surface area contributed by atoms with E-state index in [-0.39, 0.29) is 5.91 Å². The summed E-state index contributed by atoms with van der Waals surface area (Å²) >= 11 is 2.94. The van der Waals surface area contributed by atoms with Gasteiger partial charge in [0.1, 0.15) is 10.3 Å². The number of aromatic nitrogens is 2. The minimum absolute atomic E-state index is 0.00668. The average molecular weight is 239 g/mol. The molecule has 1 N–H and O–H groups in total. The number of fused-ring (bicyclic) bond motifs is 1. The molecule has 2 heterocycles. The highest BCUT2D eigenvalue weighted by atomic mass is 32.2. The summed E-state index contributed by atoms with van der Waals surface area (Å²) in [7, 11) is 1.63. The lowest BCUT2D eigenvalue weighted by Crippen LogP contribution is -2.19. The van der Waals surface area contributed by atoms with Crippen molar-refractivity contribution in [1.29, 1.82) is 0 Å². The lowest BCUT2D eigenvalue weighted by atomic mass is 10.5. The highest BCUT2D eigenvalue weighted by Gasteiger charge is 2.06. The Hall–Kier alpha value is -1.14. The third-order valence-corrected chi connectivity index (χ3v) is 3.87. The molecule has 0 aliphatic heterocycles. The Morgan fingerprint density at radius 2 is 2.53 bits per heavy atom. The molecule has 0 bridgehead atoms. The van der Waals surface area contributed by atoms with Crippen LogP contribution >= 0.6 is 23.1 Å². The normalized spacial score (nSPS) is 10.5. The van der Waals surface area contributed by atoms with Gasteiger partial charge >= 0.3 is 0 Å². The van der Waals surface area contributed by atoms with E-state index < -0.39 is 0 Å². The molecule has 0 aliphatic rings. The molecule has 15 heavy (non-hydrogen) atoms. The van der Waals surface area contributed by atoms with Crippen molar-refractivity contribution in [2.75, 3.05) is 12.8 Å². The summed E-state index contributed by atoms with van der Waals surface area (Å²) in [5, 5.41) is 2.57. The van der Waals surface area contributed by atoms with Crippen LogP contribution in [-0.4, -0.2) is 28.7 Å². The summed E-state index contributed by atoms with van der Waals surface area (Å²) in [4.78, 5) is 20.5. The molecule has 0 saturated carbocycles. The van der Waals surface area contributed by atoms with Gasteiger partial charge in [-0.3, -0.25) is 4.79 Å². The zero-order chi connectivity index (χ0) is 10.7. The molecule has 78 valence electrons. The van der Waals surface area contributed by atoms with E-state index in [0.29, 0.717) is 5.75 Å². The van der Waals surface area contributed by atoms with Gasteiger partial charge in [0.2, 0.25) is 5.91 Å². The van der Waals surface area contributed by atoms with E-state index in [4.69, 9.17) is 0 Å². The number of nitrogens with zero attached hydrogens (tertiary/aromatic N) is 2. The summed E-state index contributed by atoms with van der Waals surface area (Å²) in [6.07, 6.45) is 1.74. The lowest BCUT2D eigenvalue weighted by Gasteiger charge is -1.94. The maximum atomic E-state index is 11.0. The van der Waals surface area contributed by atoms with Crippen molar-refractivity contribution in [3.63, 3.8) is 0 Å². The van der Waals surface area contributed by atoms with Gasteiger partial charge in [-0.15, -0.1) is 0 Å². The highest BCUT2D eigenvalue weighted by Crippen LogP contribution is 2.27. The van der Waals surface area contributed by atoms with Crippen LogP contribution < -0.4 is 5.32 Å². The Labute approximate surface area is 95.1 Å². The van der Waals surface area contributed by atoms with E-state index in [1.807, 2.05) is 12.1 Å². The van der Waals surface area contributed by atoms with E-state index in [1.165, 1.54) is 23.1 Å². The first kappa shape index (κ1) is 10.4. The molecule has 0 radical (unpaired) electrons. The van der Waals surface area contributed by atoms with Crippen LogP contribution in [0.2, 0.25) is 0 Å². The van der Waals surface area contributed by atoms with Gasteiger partial charge in [-0.05, 0) is 12.1 Å². The quantitative estimate of drug-likeness (QED) is 0.825. The molecule has 2 aromatic rings. The predicted octanol–water partition coefficient (Wildman–Crippen LogP) is 1.53. The Kier molecular flexibility index (Phi) is 3.17. The fourth-order valence-corrected chi connectivity index (χ4v) is 2.86. The topological polar surface area (TPSA) is 54.9 Å². The first-order valence-corrected chi connectivity index (χ1v) is 6.15. The summed E-state index contributed by atoms with van der Waals surface area (Å²) in [6.45, 7) is 0. The van der Waals surface area contributed by atoms with Crippen molar-refractivity contribution in [1.82, 2.24) is 15.3 Å². The zero-order valence-electron chi connectivity index (χ0n) is 8.06. The molecule has 0 aliphatic carbocycles. The molecule has 0 spiro atoms. The summed E-state index contributed by atoms with van der Waals surface area (Å²) in [6, 6.07) is 3.78. The third kappa shape index (κ3) is 2.45. The Morgan fingerprint density at radius 1 is 1.67 bits per heavy atom. The maximum Gasteiger partial charge on any atom is 0.230 e. The van der Waals surface area contributed by atoms with Crippen molar-refractivity contribution in [3.8, 4) is 0 Å². The van der Waals surface area contributed by atoms with Crippen LogP contribution in [0.1, 0.15) is 0 Å². The predicted molar refractivity (Wildman–Crippen MR) is 62.2 cm³/mol. The largest absolute Gasteiger partial charge is 0.358 e. The Bertz CT molecular complexity index is 450. The maximum absolute atomic E-state index is 11.0. The molecule has 0 saturated heterocycles.